The molecular weight excluding hydrogens is 489 g/mol. The fourth-order valence-corrected chi connectivity index (χ4v) is 3.54. The molecule has 0 bridgehead atoms. The minimum Gasteiger partial charge on any atom is -0.423 e. The molecule has 0 fully saturated rings. The van der Waals surface area contributed by atoms with Crippen molar-refractivity contribution in [1.82, 2.24) is 0 Å². The molecule has 0 saturated heterocycles. The van der Waals surface area contributed by atoms with Gasteiger partial charge in [-0.1, -0.05) is 44.4 Å². The van der Waals surface area contributed by atoms with Gasteiger partial charge in [0.1, 0.15) is 29.0 Å². The molecule has 2 nitrogen and oxygen atoms in total. The van der Waals surface area contributed by atoms with E-state index in [4.69, 9.17) is 4.74 Å². The number of halogens is 7. The van der Waals surface area contributed by atoms with Crippen LogP contribution < -0.4 is 4.74 Å². The van der Waals surface area contributed by atoms with Gasteiger partial charge in [0.05, 0.1) is 11.1 Å². The maximum atomic E-state index is 14.7. The molecule has 3 aromatic carbocycles. The zero-order valence-electron chi connectivity index (χ0n) is 19.1. The molecule has 9 heteroatoms. The summed E-state index contributed by atoms with van der Waals surface area (Å²) in [6.07, 6.45) is -3.16. The average molecular weight is 508 g/mol. The molecule has 0 spiro atoms. The molecule has 0 saturated carbocycles. The predicted octanol–water partition coefficient (Wildman–Crippen LogP) is 7.95. The fraction of sp³-hybridized carbons (Fsp3) is 0.222. The highest BCUT2D eigenvalue weighted by molar-refractivity contribution is 5.92. The minimum absolute atomic E-state index is 0.112. The Kier molecular flexibility index (Phi) is 8.08. The first-order valence-electron chi connectivity index (χ1n) is 10.8. The first kappa shape index (κ1) is 26.8. The third-order valence-corrected chi connectivity index (χ3v) is 5.34. The molecule has 3 aromatic rings. The van der Waals surface area contributed by atoms with Crippen molar-refractivity contribution in [2.75, 3.05) is 0 Å². The Morgan fingerprint density at radius 2 is 1.58 bits per heavy atom. The predicted molar refractivity (Wildman–Crippen MR) is 119 cm³/mol. The van der Waals surface area contributed by atoms with Crippen LogP contribution >= 0.6 is 0 Å². The average Bonchev–Trinajstić information content (AvgIpc) is 2.77. The van der Waals surface area contributed by atoms with E-state index in [2.05, 4.69) is 0 Å². The first-order valence-corrected chi connectivity index (χ1v) is 10.8. The zero-order chi connectivity index (χ0) is 26.6. The monoisotopic (exact) mass is 508 g/mol. The Labute approximate surface area is 202 Å². The fourth-order valence-electron chi connectivity index (χ4n) is 3.54. The molecule has 36 heavy (non-hydrogen) atoms. The zero-order valence-corrected chi connectivity index (χ0v) is 19.1. The molecule has 0 N–H and O–H groups in total. The van der Waals surface area contributed by atoms with Gasteiger partial charge >= 0.3 is 12.1 Å². The van der Waals surface area contributed by atoms with Crippen molar-refractivity contribution in [3.05, 3.63) is 88.5 Å². The third-order valence-electron chi connectivity index (χ3n) is 5.34. The van der Waals surface area contributed by atoms with Crippen LogP contribution in [0.4, 0.5) is 30.7 Å². The van der Waals surface area contributed by atoms with E-state index in [1.807, 2.05) is 13.8 Å². The minimum atomic E-state index is -4.97. The number of ether oxygens (including phenoxy) is 1. The quantitative estimate of drug-likeness (QED) is 0.146. The molecule has 0 aromatic heterocycles. The van der Waals surface area contributed by atoms with Crippen molar-refractivity contribution < 1.29 is 40.3 Å². The normalized spacial score (nSPS) is 12.0. The molecule has 188 valence electrons. The Hall–Kier alpha value is -3.80. The van der Waals surface area contributed by atoms with Crippen molar-refractivity contribution in [3.8, 4) is 28.7 Å². The lowest BCUT2D eigenvalue weighted by molar-refractivity contribution is -0.0696. The van der Waals surface area contributed by atoms with Crippen molar-refractivity contribution in [3.63, 3.8) is 0 Å². The number of rotatable bonds is 6. The van der Waals surface area contributed by atoms with Gasteiger partial charge in [-0.2, -0.15) is 13.2 Å². The van der Waals surface area contributed by atoms with Crippen LogP contribution in [0.2, 0.25) is 0 Å². The third kappa shape index (κ3) is 6.45. The number of hydrogen-bond donors (Lipinski definition) is 0. The van der Waals surface area contributed by atoms with Gasteiger partial charge in [0.25, 0.3) is 0 Å². The lowest BCUT2D eigenvalue weighted by Gasteiger charge is -2.13. The van der Waals surface area contributed by atoms with Gasteiger partial charge in [-0.15, -0.1) is 0 Å². The van der Waals surface area contributed by atoms with Crippen LogP contribution in [0.3, 0.4) is 0 Å². The van der Waals surface area contributed by atoms with Crippen LogP contribution in [0, 0.1) is 35.1 Å². The summed E-state index contributed by atoms with van der Waals surface area (Å²) in [5.74, 6) is -4.47. The molecule has 0 heterocycles. The summed E-state index contributed by atoms with van der Waals surface area (Å²) in [4.78, 5) is 12.3. The maximum Gasteiger partial charge on any atom is 0.458 e. The molecule has 3 rings (SSSR count). The Morgan fingerprint density at radius 1 is 0.917 bits per heavy atom. The van der Waals surface area contributed by atoms with Gasteiger partial charge in [-0.3, -0.25) is 0 Å². The summed E-state index contributed by atoms with van der Waals surface area (Å²) in [7, 11) is 0. The van der Waals surface area contributed by atoms with Crippen molar-refractivity contribution >= 4 is 5.97 Å². The van der Waals surface area contributed by atoms with E-state index in [9.17, 15) is 35.5 Å². The second-order valence-corrected chi connectivity index (χ2v) is 8.02. The molecular formula is C27H19F7O2. The summed E-state index contributed by atoms with van der Waals surface area (Å²) in [5, 5.41) is 0. The highest BCUT2D eigenvalue weighted by Gasteiger charge is 2.24. The van der Waals surface area contributed by atoms with Gasteiger partial charge in [-0.05, 0) is 41.7 Å². The number of hydrogen-bond acceptors (Lipinski definition) is 2. The highest BCUT2D eigenvalue weighted by Crippen LogP contribution is 2.30. The van der Waals surface area contributed by atoms with Crippen molar-refractivity contribution in [2.24, 2.45) is 0 Å². The largest absolute Gasteiger partial charge is 0.458 e. The summed E-state index contributed by atoms with van der Waals surface area (Å²) in [6, 6.07) is 8.75. The summed E-state index contributed by atoms with van der Waals surface area (Å²) in [5.41, 5.74) is -0.704. The van der Waals surface area contributed by atoms with Crippen LogP contribution in [0.15, 0.2) is 48.5 Å². The van der Waals surface area contributed by atoms with E-state index in [0.29, 0.717) is 12.1 Å². The van der Waals surface area contributed by atoms with Crippen LogP contribution in [-0.4, -0.2) is 12.1 Å². The van der Waals surface area contributed by atoms with Gasteiger partial charge < -0.3 is 4.74 Å². The number of alkyl halides is 3. The van der Waals surface area contributed by atoms with Gasteiger partial charge in [0.2, 0.25) is 0 Å². The lowest BCUT2D eigenvalue weighted by Crippen LogP contribution is -2.11. The topological polar surface area (TPSA) is 26.3 Å². The Balaban J connectivity index is 1.82. The highest BCUT2D eigenvalue weighted by atomic mass is 19.4. The van der Waals surface area contributed by atoms with Gasteiger partial charge in [0, 0.05) is 23.6 Å². The van der Waals surface area contributed by atoms with Crippen molar-refractivity contribution in [1.29, 1.82) is 0 Å². The molecule has 1 atom stereocenters. The Morgan fingerprint density at radius 3 is 2.14 bits per heavy atom. The number of carbonyl (C=O) groups excluding carboxylic acids is 1. The van der Waals surface area contributed by atoms with Crippen molar-refractivity contribution in [2.45, 2.75) is 38.8 Å². The van der Waals surface area contributed by atoms with Crippen LogP contribution in [-0.2, 0) is 0 Å². The van der Waals surface area contributed by atoms with E-state index in [1.54, 1.807) is 6.07 Å². The molecule has 0 aliphatic carbocycles. The van der Waals surface area contributed by atoms with Crippen LogP contribution in [0.25, 0.3) is 11.1 Å². The second kappa shape index (κ2) is 10.9. The van der Waals surface area contributed by atoms with E-state index in [0.717, 1.165) is 36.5 Å². The molecule has 0 aliphatic heterocycles. The van der Waals surface area contributed by atoms with Crippen LogP contribution in [0.1, 0.15) is 54.1 Å². The molecule has 0 radical (unpaired) electrons. The summed E-state index contributed by atoms with van der Waals surface area (Å²) >= 11 is 0. The van der Waals surface area contributed by atoms with Gasteiger partial charge in [-0.25, -0.2) is 22.4 Å². The molecule has 1 unspecified atom stereocenters. The second-order valence-electron chi connectivity index (χ2n) is 8.02. The van der Waals surface area contributed by atoms with Crippen LogP contribution in [0.5, 0.6) is 5.75 Å². The van der Waals surface area contributed by atoms with E-state index < -0.39 is 52.3 Å². The van der Waals surface area contributed by atoms with Gasteiger partial charge in [0.15, 0.2) is 0 Å². The molecule has 0 amide bonds. The SMILES string of the molecule is CCCC(C)c1ccc(-c2ccc(C(=O)Oc3cc(F)c(C#CC(F)(F)F)c(F)c3)c(F)c2)c(F)c1. The summed E-state index contributed by atoms with van der Waals surface area (Å²) < 4.78 is 98.7. The smallest absolute Gasteiger partial charge is 0.423 e. The molecule has 0 aliphatic rings. The van der Waals surface area contributed by atoms with E-state index >= 15 is 0 Å². The van der Waals surface area contributed by atoms with E-state index in [-0.39, 0.29) is 17.0 Å². The first-order chi connectivity index (χ1) is 16.9. The standard InChI is InChI=1S/C27H19F7O2/c1-3-4-15(2)16-5-7-19(22(28)11-16)17-6-8-21(23(29)12-17)26(35)36-18-13-24(30)20(25(31)14-18)9-10-27(32,33)34/h5-8,11-15H,3-4H2,1-2H3. The lowest BCUT2D eigenvalue weighted by atomic mass is 9.93. The Bertz CT molecular complexity index is 1330. The number of esters is 1. The summed E-state index contributed by atoms with van der Waals surface area (Å²) in [6.45, 7) is 3.99. The van der Waals surface area contributed by atoms with E-state index in [1.165, 1.54) is 24.1 Å². The number of benzene rings is 3. The maximum absolute atomic E-state index is 14.7. The number of carbonyl (C=O) groups is 1.